The molecule has 0 saturated carbocycles. The number of rotatable bonds is 4. The zero-order valence-corrected chi connectivity index (χ0v) is 12.1. The Labute approximate surface area is 124 Å². The van der Waals surface area contributed by atoms with Gasteiger partial charge in [-0.3, -0.25) is 5.01 Å². The Morgan fingerprint density at radius 3 is 2.40 bits per heavy atom. The van der Waals surface area contributed by atoms with E-state index in [0.29, 0.717) is 11.7 Å². The summed E-state index contributed by atoms with van der Waals surface area (Å²) in [4.78, 5) is 0. The maximum Gasteiger partial charge on any atom is 0.188 e. The fourth-order valence-corrected chi connectivity index (χ4v) is 1.90. The minimum absolute atomic E-state index is 0.471. The molecule has 0 aliphatic carbocycles. The Bertz CT molecular complexity index is 557. The minimum Gasteiger partial charge on any atom is -0.497 e. The molecule has 2 aromatic carbocycles. The predicted molar refractivity (Wildman–Crippen MR) is 85.4 cm³/mol. The number of nitrogens with two attached hydrogens (primary N) is 1. The first-order valence-corrected chi connectivity index (χ1v) is 6.61. The van der Waals surface area contributed by atoms with Crippen LogP contribution in [0.5, 0.6) is 5.75 Å². The minimum atomic E-state index is 0.471. The second kappa shape index (κ2) is 6.88. The summed E-state index contributed by atoms with van der Waals surface area (Å²) < 4.78 is 5.10. The third kappa shape index (κ3) is 3.94. The quantitative estimate of drug-likeness (QED) is 0.514. The van der Waals surface area contributed by atoms with Gasteiger partial charge in [0.05, 0.1) is 13.7 Å². The lowest BCUT2D eigenvalue weighted by atomic mass is 10.2. The summed E-state index contributed by atoms with van der Waals surface area (Å²) in [6.45, 7) is 0.558. The molecule has 20 heavy (non-hydrogen) atoms. The number of ether oxygens (including phenoxy) is 1. The van der Waals surface area contributed by atoms with Crippen molar-refractivity contribution < 1.29 is 4.74 Å². The Morgan fingerprint density at radius 2 is 1.80 bits per heavy atom. The molecule has 0 aliphatic rings. The van der Waals surface area contributed by atoms with Crippen molar-refractivity contribution in [3.05, 3.63) is 60.2 Å². The van der Waals surface area contributed by atoms with Crippen LogP contribution in [0.4, 0.5) is 5.69 Å². The van der Waals surface area contributed by atoms with Crippen LogP contribution in [0.1, 0.15) is 5.56 Å². The molecule has 0 saturated heterocycles. The van der Waals surface area contributed by atoms with E-state index in [-0.39, 0.29) is 0 Å². The van der Waals surface area contributed by atoms with E-state index in [1.807, 2.05) is 54.6 Å². The van der Waals surface area contributed by atoms with Crippen molar-refractivity contribution in [1.82, 2.24) is 5.01 Å². The molecule has 0 unspecified atom stereocenters. The second-order valence-corrected chi connectivity index (χ2v) is 4.66. The fraction of sp³-hybridized carbons (Fsp3) is 0.133. The van der Waals surface area contributed by atoms with E-state index >= 15 is 0 Å². The molecule has 0 spiro atoms. The highest BCUT2D eigenvalue weighted by Gasteiger charge is 2.06. The van der Waals surface area contributed by atoms with Gasteiger partial charge < -0.3 is 10.1 Å². The van der Waals surface area contributed by atoms with E-state index in [4.69, 9.17) is 22.8 Å². The summed E-state index contributed by atoms with van der Waals surface area (Å²) in [5, 5.41) is 5.07. The Kier molecular flexibility index (Phi) is 4.92. The van der Waals surface area contributed by atoms with Crippen molar-refractivity contribution in [2.24, 2.45) is 5.84 Å². The molecule has 2 aromatic rings. The van der Waals surface area contributed by atoms with Crippen molar-refractivity contribution in [2.45, 2.75) is 6.54 Å². The van der Waals surface area contributed by atoms with Gasteiger partial charge in [0, 0.05) is 5.69 Å². The van der Waals surface area contributed by atoms with E-state index in [0.717, 1.165) is 17.0 Å². The molecule has 0 bridgehead atoms. The van der Waals surface area contributed by atoms with Crippen molar-refractivity contribution in [2.75, 3.05) is 12.4 Å². The van der Waals surface area contributed by atoms with Crippen LogP contribution in [-0.2, 0) is 6.54 Å². The lowest BCUT2D eigenvalue weighted by Crippen LogP contribution is -2.39. The van der Waals surface area contributed by atoms with Crippen LogP contribution in [0.25, 0.3) is 0 Å². The van der Waals surface area contributed by atoms with Gasteiger partial charge in [-0.25, -0.2) is 5.84 Å². The molecular formula is C15H17N3OS. The van der Waals surface area contributed by atoms with Crippen LogP contribution >= 0.6 is 12.2 Å². The first-order valence-electron chi connectivity index (χ1n) is 6.20. The number of nitrogens with one attached hydrogen (secondary N) is 1. The van der Waals surface area contributed by atoms with Crippen LogP contribution in [0, 0.1) is 0 Å². The Morgan fingerprint density at radius 1 is 1.15 bits per heavy atom. The zero-order chi connectivity index (χ0) is 14.4. The topological polar surface area (TPSA) is 50.5 Å². The lowest BCUT2D eigenvalue weighted by Gasteiger charge is -2.20. The summed E-state index contributed by atoms with van der Waals surface area (Å²) in [6.07, 6.45) is 0. The molecule has 4 nitrogen and oxygen atoms in total. The van der Waals surface area contributed by atoms with E-state index < -0.39 is 0 Å². The predicted octanol–water partition coefficient (Wildman–Crippen LogP) is 2.77. The van der Waals surface area contributed by atoms with Gasteiger partial charge >= 0.3 is 0 Å². The van der Waals surface area contributed by atoms with E-state index in [9.17, 15) is 0 Å². The number of hydrazine groups is 1. The van der Waals surface area contributed by atoms with Gasteiger partial charge in [-0.15, -0.1) is 0 Å². The SMILES string of the molecule is COc1ccc(NC(=S)N(N)Cc2ccccc2)cc1. The average molecular weight is 287 g/mol. The van der Waals surface area contributed by atoms with Gasteiger partial charge in [-0.2, -0.15) is 0 Å². The molecule has 0 fully saturated rings. The lowest BCUT2D eigenvalue weighted by molar-refractivity contribution is 0.415. The molecule has 3 N–H and O–H groups in total. The molecule has 5 heteroatoms. The molecule has 2 rings (SSSR count). The van der Waals surface area contributed by atoms with Crippen molar-refractivity contribution in [3.63, 3.8) is 0 Å². The van der Waals surface area contributed by atoms with Crippen molar-refractivity contribution in [1.29, 1.82) is 0 Å². The van der Waals surface area contributed by atoms with E-state index in [1.54, 1.807) is 7.11 Å². The maximum atomic E-state index is 5.96. The maximum absolute atomic E-state index is 5.96. The number of thiocarbonyl (C=S) groups is 1. The van der Waals surface area contributed by atoms with Gasteiger partial charge in [0.1, 0.15) is 5.75 Å². The van der Waals surface area contributed by atoms with Gasteiger partial charge in [0.2, 0.25) is 0 Å². The average Bonchev–Trinajstić information content (AvgIpc) is 2.49. The molecule has 0 aromatic heterocycles. The summed E-state index contributed by atoms with van der Waals surface area (Å²) in [6, 6.07) is 17.4. The van der Waals surface area contributed by atoms with Crippen LogP contribution in [0.3, 0.4) is 0 Å². The molecular weight excluding hydrogens is 270 g/mol. The third-order valence-electron chi connectivity index (χ3n) is 2.80. The number of nitrogens with zero attached hydrogens (tertiary/aromatic N) is 1. The normalized spacial score (nSPS) is 9.90. The highest BCUT2D eigenvalue weighted by molar-refractivity contribution is 7.80. The molecule has 0 radical (unpaired) electrons. The number of hydrogen-bond donors (Lipinski definition) is 2. The molecule has 0 atom stereocenters. The summed E-state index contributed by atoms with van der Waals surface area (Å²) in [5.74, 6) is 6.76. The van der Waals surface area contributed by atoms with Gasteiger partial charge in [0.15, 0.2) is 5.11 Å². The molecule has 0 amide bonds. The monoisotopic (exact) mass is 287 g/mol. The van der Waals surface area contributed by atoms with Crippen molar-refractivity contribution in [3.8, 4) is 5.75 Å². The highest BCUT2D eigenvalue weighted by atomic mass is 32.1. The number of hydrogen-bond acceptors (Lipinski definition) is 3. The van der Waals surface area contributed by atoms with E-state index in [1.165, 1.54) is 5.01 Å². The van der Waals surface area contributed by atoms with Crippen LogP contribution in [0.15, 0.2) is 54.6 Å². The summed E-state index contributed by atoms with van der Waals surface area (Å²) in [5.41, 5.74) is 1.98. The number of benzene rings is 2. The van der Waals surface area contributed by atoms with Gasteiger partial charge in [-0.1, -0.05) is 30.3 Å². The molecule has 0 heterocycles. The van der Waals surface area contributed by atoms with Crippen LogP contribution in [-0.4, -0.2) is 17.2 Å². The van der Waals surface area contributed by atoms with Gasteiger partial charge in [0.25, 0.3) is 0 Å². The first kappa shape index (κ1) is 14.3. The highest BCUT2D eigenvalue weighted by Crippen LogP contribution is 2.15. The summed E-state index contributed by atoms with van der Waals surface area (Å²) in [7, 11) is 1.63. The largest absolute Gasteiger partial charge is 0.497 e. The summed E-state index contributed by atoms with van der Waals surface area (Å²) >= 11 is 5.28. The first-order chi connectivity index (χ1) is 9.69. The van der Waals surface area contributed by atoms with Crippen molar-refractivity contribution >= 4 is 23.0 Å². The van der Waals surface area contributed by atoms with Gasteiger partial charge in [-0.05, 0) is 42.0 Å². The number of anilines is 1. The fourth-order valence-electron chi connectivity index (χ4n) is 1.72. The smallest absolute Gasteiger partial charge is 0.188 e. The Hall–Kier alpha value is -2.11. The third-order valence-corrected chi connectivity index (χ3v) is 3.13. The standard InChI is InChI=1S/C15H17N3OS/c1-19-14-9-7-13(8-10-14)17-15(20)18(16)11-12-5-3-2-4-6-12/h2-10H,11,16H2,1H3,(H,17,20). The second-order valence-electron chi connectivity index (χ2n) is 4.27. The van der Waals surface area contributed by atoms with Crippen LogP contribution in [0.2, 0.25) is 0 Å². The number of methoxy groups -OCH3 is 1. The molecule has 104 valence electrons. The molecule has 0 aliphatic heterocycles. The zero-order valence-electron chi connectivity index (χ0n) is 11.2. The Balaban J connectivity index is 1.93. The van der Waals surface area contributed by atoms with E-state index in [2.05, 4.69) is 5.32 Å². The van der Waals surface area contributed by atoms with Crippen LogP contribution < -0.4 is 15.9 Å².